The zero-order chi connectivity index (χ0) is 42.5. The normalized spacial score (nSPS) is 20.3. The standard InChI is InChI=1S/C42H47F4N7O6/c1-23-20-29(37(56)48-31-15-17-32(54)18-16-31)12-19-33(23)26-6-2-24(3-7-26)21-34(50-36(55)28-8-4-25(22-47)5-9-28)38(57)49-30-13-10-27(11-14-30)35-51-39(53-52-35)41(43,44)42(45,46)40(58)59/h2-3,6-7,10-14,19-20,25,28,31-32,34,54H,4-5,8-9,15-18,21-22,47H2,1H3,(H,48,56)(H,49,57)(H,50,55)(H,58,59)(H,51,52,53)/t25?,28?,31?,32?,34-/m0/s1. The molecule has 4 aromatic rings. The van der Waals surface area contributed by atoms with Crippen LogP contribution in [0.5, 0.6) is 0 Å². The summed E-state index contributed by atoms with van der Waals surface area (Å²) in [5.41, 5.74) is 10.2. The lowest BCUT2D eigenvalue weighted by atomic mass is 9.81. The maximum absolute atomic E-state index is 14.3. The van der Waals surface area contributed by atoms with Crippen LogP contribution in [0.25, 0.3) is 22.5 Å². The Morgan fingerprint density at radius 3 is 2.14 bits per heavy atom. The summed E-state index contributed by atoms with van der Waals surface area (Å²) in [6.45, 7) is 2.47. The van der Waals surface area contributed by atoms with E-state index in [0.29, 0.717) is 43.7 Å². The Labute approximate surface area is 337 Å². The third-order valence-corrected chi connectivity index (χ3v) is 11.3. The van der Waals surface area contributed by atoms with Crippen LogP contribution in [0.15, 0.2) is 66.7 Å². The van der Waals surface area contributed by atoms with Gasteiger partial charge in [-0.05, 0) is 129 Å². The number of aliphatic carboxylic acids is 1. The van der Waals surface area contributed by atoms with Crippen molar-refractivity contribution in [3.8, 4) is 22.5 Å². The minimum atomic E-state index is -5.44. The maximum atomic E-state index is 14.3. The lowest BCUT2D eigenvalue weighted by Gasteiger charge is -2.28. The number of carbonyl (C=O) groups excluding carboxylic acids is 3. The van der Waals surface area contributed by atoms with E-state index in [1.807, 2.05) is 43.3 Å². The minimum absolute atomic E-state index is 0.0294. The Morgan fingerprint density at radius 1 is 0.881 bits per heavy atom. The number of rotatable bonds is 14. The van der Waals surface area contributed by atoms with E-state index in [4.69, 9.17) is 10.8 Å². The van der Waals surface area contributed by atoms with Gasteiger partial charge in [-0.2, -0.15) is 22.7 Å². The molecule has 8 N–H and O–H groups in total. The van der Waals surface area contributed by atoms with Crippen molar-refractivity contribution in [2.75, 3.05) is 11.9 Å². The van der Waals surface area contributed by atoms with Crippen LogP contribution in [-0.2, 0) is 26.7 Å². The summed E-state index contributed by atoms with van der Waals surface area (Å²) in [6, 6.07) is 17.6. The maximum Gasteiger partial charge on any atom is 0.411 e. The van der Waals surface area contributed by atoms with E-state index in [1.54, 1.807) is 11.2 Å². The molecule has 13 nitrogen and oxygen atoms in total. The fraction of sp³-hybridized carbons (Fsp3) is 0.429. The van der Waals surface area contributed by atoms with Gasteiger partial charge in [0.1, 0.15) is 6.04 Å². The van der Waals surface area contributed by atoms with Crippen LogP contribution in [0.3, 0.4) is 0 Å². The fourth-order valence-corrected chi connectivity index (χ4v) is 7.58. The van der Waals surface area contributed by atoms with Gasteiger partial charge in [-0.25, -0.2) is 9.78 Å². The van der Waals surface area contributed by atoms with Crippen molar-refractivity contribution in [1.82, 2.24) is 25.8 Å². The number of anilines is 1. The molecule has 0 aliphatic heterocycles. The first-order chi connectivity index (χ1) is 28.0. The molecule has 0 spiro atoms. The Balaban J connectivity index is 1.14. The highest BCUT2D eigenvalue weighted by Gasteiger charge is 2.65. The predicted octanol–water partition coefficient (Wildman–Crippen LogP) is 5.72. The number of aryl methyl sites for hydroxylation is 1. The van der Waals surface area contributed by atoms with Crippen LogP contribution >= 0.6 is 0 Å². The second-order valence-electron chi connectivity index (χ2n) is 15.5. The molecule has 6 rings (SSSR count). The number of halogens is 4. The van der Waals surface area contributed by atoms with E-state index in [0.717, 1.165) is 47.9 Å². The molecule has 0 unspecified atom stereocenters. The van der Waals surface area contributed by atoms with Gasteiger partial charge >= 0.3 is 17.8 Å². The van der Waals surface area contributed by atoms with Crippen LogP contribution in [-0.4, -0.2) is 79.7 Å². The fourth-order valence-electron chi connectivity index (χ4n) is 7.58. The molecular formula is C42H47F4N7O6. The second-order valence-corrected chi connectivity index (χ2v) is 15.5. The van der Waals surface area contributed by atoms with Gasteiger partial charge in [-0.15, -0.1) is 0 Å². The number of nitrogens with two attached hydrogens (primary N) is 1. The highest BCUT2D eigenvalue weighted by molar-refractivity contribution is 5.98. The Bertz CT molecular complexity index is 2130. The highest BCUT2D eigenvalue weighted by atomic mass is 19.3. The van der Waals surface area contributed by atoms with Gasteiger partial charge in [0, 0.05) is 35.2 Å². The van der Waals surface area contributed by atoms with E-state index in [9.17, 15) is 41.8 Å². The van der Waals surface area contributed by atoms with Crippen molar-refractivity contribution in [2.24, 2.45) is 17.6 Å². The number of carboxylic acids is 1. The number of hydrogen-bond acceptors (Lipinski definition) is 8. The van der Waals surface area contributed by atoms with Gasteiger partial charge < -0.3 is 31.9 Å². The van der Waals surface area contributed by atoms with E-state index in [1.165, 1.54) is 24.3 Å². The predicted molar refractivity (Wildman–Crippen MR) is 209 cm³/mol. The second kappa shape index (κ2) is 18.1. The summed E-state index contributed by atoms with van der Waals surface area (Å²) < 4.78 is 55.9. The molecule has 314 valence electrons. The average Bonchev–Trinajstić information content (AvgIpc) is 3.73. The quantitative estimate of drug-likeness (QED) is 0.0774. The molecule has 17 heteroatoms. The number of aliphatic hydroxyl groups excluding tert-OH is 1. The van der Waals surface area contributed by atoms with Crippen molar-refractivity contribution in [3.05, 3.63) is 89.2 Å². The number of aromatic nitrogens is 3. The molecule has 1 heterocycles. The number of amides is 3. The number of benzene rings is 3. The SMILES string of the molecule is Cc1cc(C(=O)NC2CCC(O)CC2)ccc1-c1ccc(C[C@H](NC(=O)C2CCC(CN)CC2)C(=O)Nc2ccc(-c3n[nH]c(C(F)(F)C(F)(F)C(=O)O)n3)cc2)cc1. The molecule has 2 aliphatic rings. The molecule has 2 aliphatic carbocycles. The van der Waals surface area contributed by atoms with Crippen molar-refractivity contribution < 1.29 is 47.0 Å². The molecule has 2 fully saturated rings. The van der Waals surface area contributed by atoms with Gasteiger partial charge in [0.25, 0.3) is 5.91 Å². The van der Waals surface area contributed by atoms with E-state index >= 15 is 0 Å². The molecular weight excluding hydrogens is 774 g/mol. The van der Waals surface area contributed by atoms with Gasteiger partial charge in [0.15, 0.2) is 5.82 Å². The number of aromatic amines is 1. The Kier molecular flexibility index (Phi) is 13.1. The first kappa shape index (κ1) is 42.9. The lowest BCUT2D eigenvalue weighted by molar-refractivity contribution is -0.231. The Hall–Kier alpha value is -5.68. The minimum Gasteiger partial charge on any atom is -0.477 e. The van der Waals surface area contributed by atoms with Gasteiger partial charge in [0.05, 0.1) is 6.10 Å². The topological polar surface area (TPSA) is 212 Å². The number of carbonyl (C=O) groups is 4. The number of aliphatic hydroxyl groups is 1. The molecule has 0 radical (unpaired) electrons. The Morgan fingerprint density at radius 2 is 1.53 bits per heavy atom. The molecule has 0 saturated heterocycles. The molecule has 59 heavy (non-hydrogen) atoms. The zero-order valence-corrected chi connectivity index (χ0v) is 32.3. The first-order valence-electron chi connectivity index (χ1n) is 19.6. The van der Waals surface area contributed by atoms with E-state index in [-0.39, 0.29) is 47.5 Å². The van der Waals surface area contributed by atoms with Gasteiger partial charge in [0.2, 0.25) is 17.6 Å². The van der Waals surface area contributed by atoms with Crippen LogP contribution in [0.1, 0.15) is 78.7 Å². The third-order valence-electron chi connectivity index (χ3n) is 11.3. The van der Waals surface area contributed by atoms with Crippen molar-refractivity contribution in [1.29, 1.82) is 0 Å². The summed E-state index contributed by atoms with van der Waals surface area (Å²) in [5.74, 6) is -16.6. The van der Waals surface area contributed by atoms with Crippen molar-refractivity contribution in [3.63, 3.8) is 0 Å². The molecule has 2 saturated carbocycles. The smallest absolute Gasteiger partial charge is 0.411 e. The zero-order valence-electron chi connectivity index (χ0n) is 32.3. The number of H-pyrrole nitrogens is 1. The number of nitrogens with one attached hydrogen (secondary N) is 4. The average molecular weight is 822 g/mol. The molecule has 1 atom stereocenters. The van der Waals surface area contributed by atoms with E-state index in [2.05, 4.69) is 26.0 Å². The molecule has 0 bridgehead atoms. The van der Waals surface area contributed by atoms with Gasteiger partial charge in [-0.1, -0.05) is 30.3 Å². The largest absolute Gasteiger partial charge is 0.477 e. The third kappa shape index (κ3) is 9.96. The van der Waals surface area contributed by atoms with Gasteiger partial charge in [-0.3, -0.25) is 19.5 Å². The lowest BCUT2D eigenvalue weighted by Crippen LogP contribution is -2.48. The number of nitrogens with zero attached hydrogens (tertiary/aromatic N) is 2. The van der Waals surface area contributed by atoms with Crippen LogP contribution < -0.4 is 21.7 Å². The summed E-state index contributed by atoms with van der Waals surface area (Å²) in [6.07, 6.45) is 5.53. The van der Waals surface area contributed by atoms with Crippen molar-refractivity contribution in [2.45, 2.75) is 94.7 Å². The number of hydrogen-bond donors (Lipinski definition) is 7. The monoisotopic (exact) mass is 821 g/mol. The molecule has 3 amide bonds. The van der Waals surface area contributed by atoms with Crippen LogP contribution in [0, 0.1) is 18.8 Å². The number of alkyl halides is 4. The van der Waals surface area contributed by atoms with E-state index < -0.39 is 41.4 Å². The van der Waals surface area contributed by atoms with Crippen LogP contribution in [0.4, 0.5) is 23.2 Å². The highest BCUT2D eigenvalue weighted by Crippen LogP contribution is 2.42. The summed E-state index contributed by atoms with van der Waals surface area (Å²) >= 11 is 0. The first-order valence-corrected chi connectivity index (χ1v) is 19.6. The van der Waals surface area contributed by atoms with Crippen molar-refractivity contribution >= 4 is 29.4 Å². The number of carboxylic acid groups (broad SMARTS) is 1. The van der Waals surface area contributed by atoms with Crippen LogP contribution in [0.2, 0.25) is 0 Å². The summed E-state index contributed by atoms with van der Waals surface area (Å²) in [4.78, 5) is 54.4. The molecule has 1 aromatic heterocycles. The summed E-state index contributed by atoms with van der Waals surface area (Å²) in [5, 5.41) is 32.3. The summed E-state index contributed by atoms with van der Waals surface area (Å²) in [7, 11) is 0. The molecule has 3 aromatic carbocycles.